The van der Waals surface area contributed by atoms with Crippen molar-refractivity contribution in [2.45, 2.75) is 186 Å². The Balaban J connectivity index is 1.72. The zero-order valence-electron chi connectivity index (χ0n) is 41.7. The molecule has 66 heavy (non-hydrogen) atoms. The minimum atomic E-state index is -2.41. The number of allylic oxidation sites excluding steroid dienone is 5. The third kappa shape index (κ3) is 14.5. The Bertz CT molecular complexity index is 1730. The fourth-order valence-corrected chi connectivity index (χ4v) is 10.6. The van der Waals surface area contributed by atoms with Crippen molar-refractivity contribution in [2.75, 3.05) is 35.0 Å². The molecule has 1 unspecified atom stereocenters. The number of amides is 1. The standard InChI is InChI=1S/C52H83NO13/c1-31-17-13-12-14-18-32(2)43(61-8)29-39-22-20-37(7)52(60,66-39)49(57)50(58)53-24-16-15-19-40(53)51(59)65-44(34(4)27-38-21-23-41(54)45(28-38)62-9)30-42(55)33(3)26-36(6)47(63-10)48(64-11)46(56)35(5)25-31/h12-14,17-18,26,31,33-35,37-45,47-48,54-55,60H,15-16,19-25,27-30H2,1-11H3/b14-12+,17-13+,32-18+,36-26+/t31-,33-,34-,35-,37-,38+,39+,40+,41-,42?,43+,44+,45-,47-,48+,52-/m1/s1. The van der Waals surface area contributed by atoms with Gasteiger partial charge in [-0.1, -0.05) is 71.1 Å². The van der Waals surface area contributed by atoms with Gasteiger partial charge >= 0.3 is 5.97 Å². The molecule has 2 saturated heterocycles. The second-order valence-electron chi connectivity index (χ2n) is 20.0. The SMILES string of the molecule is CO[C@H]1C[C@@H]2CC[C@@H](C)[C@@](O)(O2)C(=O)C(=O)N2CCCC[C@H]2C(=O)O[C@H]([C@H](C)C[C@@H]2CC[C@@H](O)[C@H](OC)C2)CC(O)[C@H](C)/C=C(\C)[C@@H](OC)[C@@H](OC)C(=O)[C@H](C)C[C@H](C)/C=C/C=C/C=C/1C. The van der Waals surface area contributed by atoms with Gasteiger partial charge in [0.25, 0.3) is 11.7 Å². The molecule has 0 spiro atoms. The molecule has 14 nitrogen and oxygen atoms in total. The third-order valence-electron chi connectivity index (χ3n) is 14.9. The lowest BCUT2D eigenvalue weighted by atomic mass is 9.78. The number of ether oxygens (including phenoxy) is 6. The smallest absolute Gasteiger partial charge is 0.329 e. The molecular formula is C52H83NO13. The van der Waals surface area contributed by atoms with E-state index >= 15 is 0 Å². The lowest BCUT2D eigenvalue weighted by Gasteiger charge is -2.43. The normalized spacial score (nSPS) is 41.1. The summed E-state index contributed by atoms with van der Waals surface area (Å²) in [4.78, 5) is 58.1. The van der Waals surface area contributed by atoms with Crippen LogP contribution in [0.4, 0.5) is 0 Å². The number of aliphatic hydroxyl groups is 3. The number of aliphatic hydroxyl groups excluding tert-OH is 2. The maximum atomic E-state index is 14.4. The minimum absolute atomic E-state index is 0.0615. The van der Waals surface area contributed by atoms with Crippen LogP contribution in [0.5, 0.6) is 0 Å². The summed E-state index contributed by atoms with van der Waals surface area (Å²) in [6.07, 6.45) is 12.3. The van der Waals surface area contributed by atoms with Crippen molar-refractivity contribution in [3.05, 3.63) is 47.6 Å². The van der Waals surface area contributed by atoms with Gasteiger partial charge in [0, 0.05) is 65.6 Å². The number of cyclic esters (lactones) is 1. The van der Waals surface area contributed by atoms with E-state index in [2.05, 4.69) is 6.92 Å². The maximum Gasteiger partial charge on any atom is 0.329 e. The van der Waals surface area contributed by atoms with Crippen LogP contribution in [0.1, 0.15) is 126 Å². The van der Waals surface area contributed by atoms with E-state index in [1.807, 2.05) is 71.1 Å². The van der Waals surface area contributed by atoms with Gasteiger partial charge in [0.05, 0.1) is 30.5 Å². The zero-order chi connectivity index (χ0) is 48.9. The molecule has 2 bridgehead atoms. The van der Waals surface area contributed by atoms with Gasteiger partial charge in [0.15, 0.2) is 5.78 Å². The summed E-state index contributed by atoms with van der Waals surface area (Å²) >= 11 is 0. The molecule has 0 aromatic heterocycles. The molecule has 1 amide bonds. The first-order valence-corrected chi connectivity index (χ1v) is 24.5. The molecule has 0 radical (unpaired) electrons. The summed E-state index contributed by atoms with van der Waals surface area (Å²) in [5.41, 5.74) is 1.60. The Morgan fingerprint density at radius 2 is 1.50 bits per heavy atom. The largest absolute Gasteiger partial charge is 0.460 e. The number of Topliss-reactive ketones (excluding diaryl/α,β-unsaturated/α-hetero) is 2. The van der Waals surface area contributed by atoms with Crippen molar-refractivity contribution < 1.29 is 62.9 Å². The van der Waals surface area contributed by atoms with E-state index in [1.165, 1.54) is 19.1 Å². The van der Waals surface area contributed by atoms with Gasteiger partial charge in [-0.15, -0.1) is 0 Å². The highest BCUT2D eigenvalue weighted by atomic mass is 16.6. The molecule has 4 rings (SSSR count). The topological polar surface area (TPSA) is 188 Å². The molecular weight excluding hydrogens is 847 g/mol. The molecule has 3 N–H and O–H groups in total. The summed E-state index contributed by atoms with van der Waals surface area (Å²) in [6, 6.07) is -1.09. The first kappa shape index (κ1) is 55.5. The van der Waals surface area contributed by atoms with Gasteiger partial charge in [-0.2, -0.15) is 0 Å². The highest BCUT2D eigenvalue weighted by Gasteiger charge is 2.53. The molecule has 374 valence electrons. The molecule has 3 fully saturated rings. The van der Waals surface area contributed by atoms with E-state index in [0.29, 0.717) is 63.4 Å². The minimum Gasteiger partial charge on any atom is -0.460 e. The van der Waals surface area contributed by atoms with Crippen molar-refractivity contribution in [3.8, 4) is 0 Å². The summed E-state index contributed by atoms with van der Waals surface area (Å²) < 4.78 is 35.7. The first-order chi connectivity index (χ1) is 31.3. The molecule has 16 atom stereocenters. The number of fused-ring (bicyclic) bond motifs is 3. The van der Waals surface area contributed by atoms with Crippen LogP contribution in [0.15, 0.2) is 47.6 Å². The van der Waals surface area contributed by atoms with Crippen LogP contribution in [-0.4, -0.2) is 139 Å². The Labute approximate surface area is 394 Å². The number of methoxy groups -OCH3 is 4. The van der Waals surface area contributed by atoms with Crippen molar-refractivity contribution in [1.29, 1.82) is 0 Å². The molecule has 1 saturated carbocycles. The van der Waals surface area contributed by atoms with Crippen molar-refractivity contribution in [1.82, 2.24) is 4.90 Å². The third-order valence-corrected chi connectivity index (χ3v) is 14.9. The summed E-state index contributed by atoms with van der Waals surface area (Å²) in [7, 11) is 6.21. The fraction of sp³-hybridized carbons (Fsp3) is 0.769. The Kier molecular flexibility index (Phi) is 21.9. The molecule has 14 heteroatoms. The highest BCUT2D eigenvalue weighted by molar-refractivity contribution is 6.39. The van der Waals surface area contributed by atoms with Crippen LogP contribution in [0, 0.1) is 35.5 Å². The van der Waals surface area contributed by atoms with E-state index in [-0.39, 0.29) is 54.9 Å². The summed E-state index contributed by atoms with van der Waals surface area (Å²) in [5.74, 6) is -6.81. The van der Waals surface area contributed by atoms with Crippen LogP contribution >= 0.6 is 0 Å². The number of hydrogen-bond acceptors (Lipinski definition) is 13. The monoisotopic (exact) mass is 930 g/mol. The molecule has 3 heterocycles. The zero-order valence-corrected chi connectivity index (χ0v) is 41.7. The molecule has 0 aromatic carbocycles. The van der Waals surface area contributed by atoms with Crippen LogP contribution < -0.4 is 0 Å². The van der Waals surface area contributed by atoms with Gasteiger partial charge in [0.1, 0.15) is 24.4 Å². The number of carbonyl (C=O) groups excluding carboxylic acids is 4. The lowest BCUT2D eigenvalue weighted by molar-refractivity contribution is -0.265. The van der Waals surface area contributed by atoms with Gasteiger partial charge < -0.3 is 48.6 Å². The van der Waals surface area contributed by atoms with Crippen molar-refractivity contribution in [2.24, 2.45) is 35.5 Å². The second kappa shape index (κ2) is 26.1. The van der Waals surface area contributed by atoms with Crippen LogP contribution in [0.25, 0.3) is 0 Å². The molecule has 3 aliphatic heterocycles. The molecule has 1 aliphatic carbocycles. The quantitative estimate of drug-likeness (QED) is 0.141. The van der Waals surface area contributed by atoms with E-state index < -0.39 is 84.1 Å². The van der Waals surface area contributed by atoms with Crippen LogP contribution in [-0.2, 0) is 47.6 Å². The van der Waals surface area contributed by atoms with Crippen molar-refractivity contribution >= 4 is 23.4 Å². The number of nitrogens with zero attached hydrogens (tertiary/aromatic N) is 1. The first-order valence-electron chi connectivity index (χ1n) is 24.5. The average Bonchev–Trinajstić information content (AvgIpc) is 3.29. The van der Waals surface area contributed by atoms with E-state index in [1.54, 1.807) is 21.1 Å². The summed E-state index contributed by atoms with van der Waals surface area (Å²) in [6.45, 7) is 13.4. The fourth-order valence-electron chi connectivity index (χ4n) is 10.6. The van der Waals surface area contributed by atoms with E-state index in [9.17, 15) is 34.5 Å². The summed E-state index contributed by atoms with van der Waals surface area (Å²) in [5, 5.41) is 34.4. The predicted octanol–water partition coefficient (Wildman–Crippen LogP) is 6.63. The van der Waals surface area contributed by atoms with Crippen LogP contribution in [0.3, 0.4) is 0 Å². The van der Waals surface area contributed by atoms with Gasteiger partial charge in [-0.05, 0) is 107 Å². The molecule has 4 aliphatic rings. The van der Waals surface area contributed by atoms with Crippen molar-refractivity contribution in [3.63, 3.8) is 0 Å². The van der Waals surface area contributed by atoms with Crippen LogP contribution in [0.2, 0.25) is 0 Å². The van der Waals surface area contributed by atoms with E-state index in [4.69, 9.17) is 28.4 Å². The highest BCUT2D eigenvalue weighted by Crippen LogP contribution is 2.38. The number of ketones is 2. The van der Waals surface area contributed by atoms with Gasteiger partial charge in [-0.25, -0.2) is 4.79 Å². The van der Waals surface area contributed by atoms with Gasteiger partial charge in [-0.3, -0.25) is 14.4 Å². The Morgan fingerprint density at radius 3 is 2.17 bits per heavy atom. The predicted molar refractivity (Wildman–Crippen MR) is 251 cm³/mol. The maximum absolute atomic E-state index is 14.4. The lowest BCUT2D eigenvalue weighted by Crippen LogP contribution is -2.61. The average molecular weight is 930 g/mol. The Hall–Kier alpha value is -3.08. The number of esters is 1. The van der Waals surface area contributed by atoms with E-state index in [0.717, 1.165) is 12.0 Å². The number of rotatable bonds is 7. The number of carbonyl (C=O) groups is 4. The Morgan fingerprint density at radius 1 is 0.788 bits per heavy atom. The molecule has 0 aromatic rings. The van der Waals surface area contributed by atoms with Gasteiger partial charge in [0.2, 0.25) is 5.79 Å². The number of hydrogen-bond donors (Lipinski definition) is 3. The second-order valence-corrected chi connectivity index (χ2v) is 20.0. The number of piperidine rings is 1.